The van der Waals surface area contributed by atoms with E-state index in [0.29, 0.717) is 11.6 Å². The summed E-state index contributed by atoms with van der Waals surface area (Å²) < 4.78 is 30.0. The first-order valence-corrected chi connectivity index (χ1v) is 10.5. The van der Waals surface area contributed by atoms with Crippen LogP contribution in [0.3, 0.4) is 0 Å². The lowest BCUT2D eigenvalue weighted by Gasteiger charge is -2.11. The molecule has 1 N–H and O–H groups in total. The van der Waals surface area contributed by atoms with Gasteiger partial charge in [-0.15, -0.1) is 0 Å². The lowest BCUT2D eigenvalue weighted by Crippen LogP contribution is -2.32. The van der Waals surface area contributed by atoms with Gasteiger partial charge in [0.1, 0.15) is 34.6 Å². The number of carbonyl (C=O) groups excluding carboxylic acids is 1. The van der Waals surface area contributed by atoms with Crippen LogP contribution >= 0.6 is 0 Å². The van der Waals surface area contributed by atoms with Crippen molar-refractivity contribution in [1.29, 1.82) is 0 Å². The molecule has 0 bridgehead atoms. The first-order chi connectivity index (χ1) is 12.9. The molecule has 0 aliphatic heterocycles. The van der Waals surface area contributed by atoms with E-state index in [-0.39, 0.29) is 31.4 Å². The molecule has 0 atom stereocenters. The molecule has 142 valence electrons. The normalized spacial score (nSPS) is 11.4. The number of hydrogen-bond acceptors (Lipinski definition) is 5. The minimum atomic E-state index is -3.12. The Morgan fingerprint density at radius 2 is 1.81 bits per heavy atom. The standard InChI is InChI=1S/C19H21N3O4S/c1-27(24,25)12-11-20-19(23)13-22-17-10-6-5-9-16(17)21-18(22)14-26-15-7-3-2-4-8-15/h2-10H,11-14H2,1H3,(H,20,23). The van der Waals surface area contributed by atoms with Crippen LogP contribution in [0.1, 0.15) is 5.82 Å². The summed E-state index contributed by atoms with van der Waals surface area (Å²) in [5.74, 6) is 0.975. The Morgan fingerprint density at radius 3 is 2.56 bits per heavy atom. The Kier molecular flexibility index (Phi) is 5.75. The Balaban J connectivity index is 1.75. The van der Waals surface area contributed by atoms with Gasteiger partial charge in [0.05, 0.1) is 16.8 Å². The van der Waals surface area contributed by atoms with E-state index < -0.39 is 9.84 Å². The van der Waals surface area contributed by atoms with Gasteiger partial charge in [-0.2, -0.15) is 0 Å². The van der Waals surface area contributed by atoms with Gasteiger partial charge in [0, 0.05) is 12.8 Å². The van der Waals surface area contributed by atoms with E-state index in [4.69, 9.17) is 4.74 Å². The third kappa shape index (κ3) is 5.30. The van der Waals surface area contributed by atoms with Crippen molar-refractivity contribution >= 4 is 26.8 Å². The molecule has 0 spiro atoms. The highest BCUT2D eigenvalue weighted by Crippen LogP contribution is 2.18. The molecule has 0 saturated carbocycles. The quantitative estimate of drug-likeness (QED) is 0.636. The molecule has 2 aromatic carbocycles. The predicted molar refractivity (Wildman–Crippen MR) is 103 cm³/mol. The number of nitrogens with one attached hydrogen (secondary N) is 1. The van der Waals surface area contributed by atoms with Gasteiger partial charge in [0.25, 0.3) is 0 Å². The minimum Gasteiger partial charge on any atom is -0.486 e. The Labute approximate surface area is 157 Å². The summed E-state index contributed by atoms with van der Waals surface area (Å²) in [6.07, 6.45) is 1.14. The molecule has 0 fully saturated rings. The number of amides is 1. The van der Waals surface area contributed by atoms with E-state index in [1.165, 1.54) is 0 Å². The predicted octanol–water partition coefficient (Wildman–Crippen LogP) is 1.78. The van der Waals surface area contributed by atoms with E-state index in [0.717, 1.165) is 17.3 Å². The highest BCUT2D eigenvalue weighted by molar-refractivity contribution is 7.90. The van der Waals surface area contributed by atoms with Crippen molar-refractivity contribution in [2.24, 2.45) is 0 Å². The third-order valence-corrected chi connectivity index (χ3v) is 4.89. The van der Waals surface area contributed by atoms with Crippen molar-refractivity contribution in [2.75, 3.05) is 18.6 Å². The van der Waals surface area contributed by atoms with Crippen LogP contribution in [0.25, 0.3) is 11.0 Å². The van der Waals surface area contributed by atoms with E-state index in [9.17, 15) is 13.2 Å². The van der Waals surface area contributed by atoms with Gasteiger partial charge in [-0.25, -0.2) is 13.4 Å². The fraction of sp³-hybridized carbons (Fsp3) is 0.263. The van der Waals surface area contributed by atoms with Crippen molar-refractivity contribution in [3.8, 4) is 5.75 Å². The maximum absolute atomic E-state index is 12.3. The number of imidazole rings is 1. The van der Waals surface area contributed by atoms with E-state index in [1.807, 2.05) is 54.6 Å². The zero-order valence-electron chi connectivity index (χ0n) is 15.0. The summed E-state index contributed by atoms with van der Waals surface area (Å²) in [4.78, 5) is 16.8. The highest BCUT2D eigenvalue weighted by atomic mass is 32.2. The molecule has 8 heteroatoms. The van der Waals surface area contributed by atoms with E-state index in [2.05, 4.69) is 10.3 Å². The van der Waals surface area contributed by atoms with Crippen LogP contribution in [0, 0.1) is 0 Å². The molecule has 1 aromatic heterocycles. The van der Waals surface area contributed by atoms with Gasteiger partial charge in [-0.1, -0.05) is 30.3 Å². The second kappa shape index (κ2) is 8.22. The highest BCUT2D eigenvalue weighted by Gasteiger charge is 2.14. The van der Waals surface area contributed by atoms with Crippen molar-refractivity contribution in [3.63, 3.8) is 0 Å². The number of hydrogen-bond donors (Lipinski definition) is 1. The third-order valence-electron chi connectivity index (χ3n) is 3.94. The zero-order chi connectivity index (χ0) is 19.3. The van der Waals surface area contributed by atoms with E-state index >= 15 is 0 Å². The number of ether oxygens (including phenoxy) is 1. The molecule has 7 nitrogen and oxygen atoms in total. The number of rotatable bonds is 8. The molecule has 3 aromatic rings. The zero-order valence-corrected chi connectivity index (χ0v) is 15.8. The first-order valence-electron chi connectivity index (χ1n) is 8.49. The van der Waals surface area contributed by atoms with Gasteiger partial charge >= 0.3 is 0 Å². The lowest BCUT2D eigenvalue weighted by atomic mass is 10.3. The van der Waals surface area contributed by atoms with Gasteiger partial charge in [0.15, 0.2) is 0 Å². The number of sulfone groups is 1. The van der Waals surface area contributed by atoms with Crippen molar-refractivity contribution in [1.82, 2.24) is 14.9 Å². The molecular formula is C19H21N3O4S. The number of para-hydroxylation sites is 3. The monoisotopic (exact) mass is 387 g/mol. The summed E-state index contributed by atoms with van der Waals surface area (Å²) >= 11 is 0. The van der Waals surface area contributed by atoms with Crippen molar-refractivity contribution in [3.05, 3.63) is 60.4 Å². The fourth-order valence-electron chi connectivity index (χ4n) is 2.65. The van der Waals surface area contributed by atoms with Crippen molar-refractivity contribution < 1.29 is 17.9 Å². The summed E-state index contributed by atoms with van der Waals surface area (Å²) in [5, 5.41) is 2.64. The van der Waals surface area contributed by atoms with Crippen LogP contribution in [-0.4, -0.2) is 42.4 Å². The second-order valence-electron chi connectivity index (χ2n) is 6.18. The second-order valence-corrected chi connectivity index (χ2v) is 8.44. The average Bonchev–Trinajstić information content (AvgIpc) is 2.97. The molecule has 0 aliphatic carbocycles. The van der Waals surface area contributed by atoms with Crippen LogP contribution in [0.5, 0.6) is 5.75 Å². The molecule has 0 unspecified atom stereocenters. The number of carbonyl (C=O) groups is 1. The van der Waals surface area contributed by atoms with Gasteiger partial charge < -0.3 is 14.6 Å². The Morgan fingerprint density at radius 1 is 1.11 bits per heavy atom. The SMILES string of the molecule is CS(=O)(=O)CCNC(=O)Cn1c(COc2ccccc2)nc2ccccc21. The summed E-state index contributed by atoms with van der Waals surface area (Å²) in [6.45, 7) is 0.340. The maximum atomic E-state index is 12.3. The first kappa shape index (κ1) is 18.9. The van der Waals surface area contributed by atoms with Crippen molar-refractivity contribution in [2.45, 2.75) is 13.2 Å². The summed E-state index contributed by atoms with van der Waals surface area (Å²) in [6, 6.07) is 16.9. The van der Waals surface area contributed by atoms with Gasteiger partial charge in [0.2, 0.25) is 5.91 Å². The van der Waals surface area contributed by atoms with E-state index in [1.54, 1.807) is 4.57 Å². The molecule has 27 heavy (non-hydrogen) atoms. The summed E-state index contributed by atoms with van der Waals surface area (Å²) in [7, 11) is -3.12. The Hall–Kier alpha value is -2.87. The van der Waals surface area contributed by atoms with Crippen LogP contribution in [0.2, 0.25) is 0 Å². The van der Waals surface area contributed by atoms with Gasteiger partial charge in [-0.3, -0.25) is 4.79 Å². The van der Waals surface area contributed by atoms with Crippen LogP contribution in [0.4, 0.5) is 0 Å². The number of fused-ring (bicyclic) bond motifs is 1. The number of nitrogens with zero attached hydrogens (tertiary/aromatic N) is 2. The number of benzene rings is 2. The Bertz CT molecular complexity index is 1030. The fourth-order valence-corrected chi connectivity index (χ4v) is 3.12. The molecular weight excluding hydrogens is 366 g/mol. The largest absolute Gasteiger partial charge is 0.486 e. The molecule has 3 rings (SSSR count). The maximum Gasteiger partial charge on any atom is 0.240 e. The molecule has 0 radical (unpaired) electrons. The molecule has 1 amide bonds. The van der Waals surface area contributed by atoms with Gasteiger partial charge in [-0.05, 0) is 24.3 Å². The topological polar surface area (TPSA) is 90.3 Å². The molecule has 0 saturated heterocycles. The van der Waals surface area contributed by atoms with Crippen LogP contribution in [0.15, 0.2) is 54.6 Å². The molecule has 0 aliphatic rings. The minimum absolute atomic E-state index is 0.0394. The number of aromatic nitrogens is 2. The average molecular weight is 387 g/mol. The smallest absolute Gasteiger partial charge is 0.240 e. The van der Waals surface area contributed by atoms with Crippen LogP contribution in [-0.2, 0) is 27.8 Å². The lowest BCUT2D eigenvalue weighted by molar-refractivity contribution is -0.121. The summed E-state index contributed by atoms with van der Waals surface area (Å²) in [5.41, 5.74) is 1.59. The molecule has 1 heterocycles. The van der Waals surface area contributed by atoms with Crippen LogP contribution < -0.4 is 10.1 Å².